The van der Waals surface area contributed by atoms with Crippen molar-refractivity contribution >= 4 is 29.2 Å². The van der Waals surface area contributed by atoms with Crippen molar-refractivity contribution in [3.63, 3.8) is 0 Å². The lowest BCUT2D eigenvalue weighted by atomic mass is 10.2. The fourth-order valence-electron chi connectivity index (χ4n) is 1.03. The molecule has 6 nitrogen and oxygen atoms in total. The predicted molar refractivity (Wildman–Crippen MR) is 83.3 cm³/mol. The number of esters is 1. The first-order valence-electron chi connectivity index (χ1n) is 5.94. The zero-order valence-corrected chi connectivity index (χ0v) is 12.6. The summed E-state index contributed by atoms with van der Waals surface area (Å²) in [4.78, 5) is 21.6. The Balaban J connectivity index is 0.000000400. The summed E-state index contributed by atoms with van der Waals surface area (Å²) >= 11 is 4.52. The number of hydrogen-bond acceptors (Lipinski definition) is 5. The molecule has 0 spiro atoms. The van der Waals surface area contributed by atoms with Crippen LogP contribution in [-0.2, 0) is 9.53 Å². The molecule has 0 aromatic heterocycles. The van der Waals surface area contributed by atoms with Crippen LogP contribution in [0, 0.1) is 0 Å². The van der Waals surface area contributed by atoms with Gasteiger partial charge < -0.3 is 15.6 Å². The van der Waals surface area contributed by atoms with E-state index in [-0.39, 0.29) is 16.6 Å². The molecule has 0 bridgehead atoms. The molecular formula is C14H18N2O4S. The van der Waals surface area contributed by atoms with Crippen molar-refractivity contribution in [1.82, 2.24) is 5.32 Å². The molecule has 0 aliphatic rings. The smallest absolute Gasteiger partial charge is 0.335 e. The zero-order valence-electron chi connectivity index (χ0n) is 11.8. The monoisotopic (exact) mass is 310 g/mol. The van der Waals surface area contributed by atoms with Gasteiger partial charge >= 0.3 is 5.97 Å². The molecule has 1 aromatic carbocycles. The number of nitrogens with one attached hydrogen (secondary N) is 1. The van der Waals surface area contributed by atoms with Gasteiger partial charge in [-0.25, -0.2) is 4.79 Å². The van der Waals surface area contributed by atoms with Gasteiger partial charge in [-0.2, -0.15) is 0 Å². The van der Waals surface area contributed by atoms with Gasteiger partial charge in [0.05, 0.1) is 0 Å². The quantitative estimate of drug-likeness (QED) is 0.334. The molecule has 1 rings (SSSR count). The first-order chi connectivity index (χ1) is 9.73. The van der Waals surface area contributed by atoms with Gasteiger partial charge in [-0.05, 0) is 38.2 Å². The fraction of sp³-hybridized carbons (Fsp3) is 0.214. The molecule has 21 heavy (non-hydrogen) atoms. The van der Waals surface area contributed by atoms with Crippen molar-refractivity contribution in [2.75, 3.05) is 0 Å². The number of rotatable bonds is 3. The lowest BCUT2D eigenvalue weighted by Gasteiger charge is -2.04. The number of thiocarbonyl (C=S) groups is 1. The Hall–Kier alpha value is -2.25. The Morgan fingerprint density at radius 3 is 2.24 bits per heavy atom. The Morgan fingerprint density at radius 2 is 1.90 bits per heavy atom. The summed E-state index contributed by atoms with van der Waals surface area (Å²) in [6, 6.07) is 8.75. The number of aliphatic hydroxyl groups is 1. The van der Waals surface area contributed by atoms with Crippen LogP contribution < -0.4 is 11.1 Å². The summed E-state index contributed by atoms with van der Waals surface area (Å²) in [5.41, 5.74) is 5.96. The largest absolute Gasteiger partial charge is 0.433 e. The number of aliphatic hydroxyl groups excluding tert-OH is 1. The molecular weight excluding hydrogens is 292 g/mol. The average Bonchev–Trinajstić information content (AvgIpc) is 2.38. The van der Waals surface area contributed by atoms with Crippen molar-refractivity contribution < 1.29 is 19.4 Å². The fourth-order valence-corrected chi connectivity index (χ4v) is 1.12. The van der Waals surface area contributed by atoms with Gasteiger partial charge in [-0.15, -0.1) is 0 Å². The second-order valence-corrected chi connectivity index (χ2v) is 4.41. The average molecular weight is 310 g/mol. The number of hydrogen-bond donors (Lipinski definition) is 3. The first-order valence-corrected chi connectivity index (χ1v) is 6.35. The van der Waals surface area contributed by atoms with Crippen LogP contribution in [-0.4, -0.2) is 28.4 Å². The number of benzene rings is 1. The predicted octanol–water partition coefficient (Wildman–Crippen LogP) is 1.10. The lowest BCUT2D eigenvalue weighted by molar-refractivity contribution is -0.159. The zero-order chi connectivity index (χ0) is 16.4. The van der Waals surface area contributed by atoms with E-state index in [9.17, 15) is 9.59 Å². The van der Waals surface area contributed by atoms with Crippen LogP contribution in [0.2, 0.25) is 0 Å². The summed E-state index contributed by atoms with van der Waals surface area (Å²) in [5.74, 6) is -0.840. The van der Waals surface area contributed by atoms with E-state index >= 15 is 0 Å². The third kappa shape index (κ3) is 9.31. The molecule has 7 heteroatoms. The van der Waals surface area contributed by atoms with Crippen LogP contribution >= 0.6 is 12.2 Å². The minimum absolute atomic E-state index is 0.0103. The highest BCUT2D eigenvalue weighted by Gasteiger charge is 2.05. The van der Waals surface area contributed by atoms with Crippen molar-refractivity contribution in [2.24, 2.45) is 5.73 Å². The maximum absolute atomic E-state index is 11.2. The first kappa shape index (κ1) is 18.8. The Morgan fingerprint density at radius 1 is 1.38 bits per heavy atom. The van der Waals surface area contributed by atoms with E-state index in [4.69, 9.17) is 10.8 Å². The highest BCUT2D eigenvalue weighted by Crippen LogP contribution is 1.97. The topological polar surface area (TPSA) is 102 Å². The van der Waals surface area contributed by atoms with E-state index < -0.39 is 12.3 Å². The molecule has 0 aliphatic heterocycles. The minimum Gasteiger partial charge on any atom is -0.433 e. The van der Waals surface area contributed by atoms with Gasteiger partial charge in [0.2, 0.25) is 0 Å². The molecule has 0 saturated carbocycles. The molecule has 0 fully saturated rings. The molecule has 1 atom stereocenters. The van der Waals surface area contributed by atoms with Crippen molar-refractivity contribution in [3.8, 4) is 0 Å². The third-order valence-corrected chi connectivity index (χ3v) is 2.00. The van der Waals surface area contributed by atoms with E-state index in [0.717, 1.165) is 0 Å². The highest BCUT2D eigenvalue weighted by atomic mass is 32.1. The van der Waals surface area contributed by atoms with Crippen LogP contribution in [0.1, 0.15) is 24.2 Å². The van der Waals surface area contributed by atoms with E-state index in [1.807, 2.05) is 6.07 Å². The molecule has 0 radical (unpaired) electrons. The van der Waals surface area contributed by atoms with Gasteiger partial charge in [-0.1, -0.05) is 24.8 Å². The minimum atomic E-state index is -1.05. The number of carbonyl (C=O) groups is 2. The molecule has 0 heterocycles. The number of amides is 1. The van der Waals surface area contributed by atoms with Crippen LogP contribution in [0.5, 0.6) is 0 Å². The van der Waals surface area contributed by atoms with E-state index in [1.165, 1.54) is 13.8 Å². The summed E-state index contributed by atoms with van der Waals surface area (Å²) in [5, 5.41) is 10.8. The van der Waals surface area contributed by atoms with Gasteiger partial charge in [0, 0.05) is 11.1 Å². The molecule has 1 unspecified atom stereocenters. The molecule has 114 valence electrons. The summed E-state index contributed by atoms with van der Waals surface area (Å²) < 4.78 is 4.33. The number of nitrogens with two attached hydrogens (primary N) is 1. The van der Waals surface area contributed by atoms with E-state index in [2.05, 4.69) is 28.9 Å². The summed E-state index contributed by atoms with van der Waals surface area (Å²) in [7, 11) is 0. The van der Waals surface area contributed by atoms with Gasteiger partial charge in [0.1, 0.15) is 0 Å². The SMILES string of the molecule is C=C(C)C(=O)OC(C)O.NC(=S)NC(=O)c1ccccc1. The standard InChI is InChI=1S/C8H8N2OS.C6H10O3/c9-8(12)10-7(11)6-4-2-1-3-5-6;1-4(2)6(8)9-5(3)7/h1-5H,(H3,9,10,11,12);5,7H,1H2,2-3H3. The van der Waals surface area contributed by atoms with Gasteiger partial charge in [0.25, 0.3) is 5.91 Å². The molecule has 1 aromatic rings. The molecule has 1 amide bonds. The van der Waals surface area contributed by atoms with Crippen LogP contribution in [0.3, 0.4) is 0 Å². The number of carbonyl (C=O) groups excluding carboxylic acids is 2. The maximum Gasteiger partial charge on any atom is 0.335 e. The van der Waals surface area contributed by atoms with Crippen molar-refractivity contribution in [1.29, 1.82) is 0 Å². The Labute approximate surface area is 128 Å². The number of ether oxygens (including phenoxy) is 1. The van der Waals surface area contributed by atoms with Crippen molar-refractivity contribution in [3.05, 3.63) is 48.0 Å². The van der Waals surface area contributed by atoms with Gasteiger partial charge in [0.15, 0.2) is 11.4 Å². The van der Waals surface area contributed by atoms with E-state index in [1.54, 1.807) is 24.3 Å². The molecule has 0 aliphatic carbocycles. The highest BCUT2D eigenvalue weighted by molar-refractivity contribution is 7.80. The molecule has 0 saturated heterocycles. The second-order valence-electron chi connectivity index (χ2n) is 3.97. The maximum atomic E-state index is 11.2. The molecule has 4 N–H and O–H groups in total. The van der Waals surface area contributed by atoms with Crippen molar-refractivity contribution in [2.45, 2.75) is 20.1 Å². The van der Waals surface area contributed by atoms with Gasteiger partial charge in [-0.3, -0.25) is 10.1 Å². The second kappa shape index (κ2) is 9.62. The normalized spacial score (nSPS) is 10.4. The Kier molecular flexibility index (Phi) is 8.59. The Bertz CT molecular complexity index is 515. The lowest BCUT2D eigenvalue weighted by Crippen LogP contribution is -2.34. The van der Waals surface area contributed by atoms with Crippen LogP contribution in [0.25, 0.3) is 0 Å². The summed E-state index contributed by atoms with van der Waals surface area (Å²) in [6.07, 6.45) is -1.05. The third-order valence-electron chi connectivity index (χ3n) is 1.90. The van der Waals surface area contributed by atoms with E-state index in [0.29, 0.717) is 5.56 Å². The summed E-state index contributed by atoms with van der Waals surface area (Å²) in [6.45, 7) is 6.20. The van der Waals surface area contributed by atoms with Crippen LogP contribution in [0.4, 0.5) is 0 Å². The van der Waals surface area contributed by atoms with Crippen LogP contribution in [0.15, 0.2) is 42.5 Å².